The first-order valence-electron chi connectivity index (χ1n) is 4.02. The highest BCUT2D eigenvalue weighted by molar-refractivity contribution is 5.75. The van der Waals surface area contributed by atoms with E-state index in [-0.39, 0.29) is 5.78 Å². The van der Waals surface area contributed by atoms with Gasteiger partial charge in [-0.15, -0.1) is 0 Å². The van der Waals surface area contributed by atoms with Crippen molar-refractivity contribution >= 4 is 11.8 Å². The zero-order valence-corrected chi connectivity index (χ0v) is 7.25. The minimum atomic E-state index is -0.974. The fraction of sp³-hybridized carbons (Fsp3) is 0.750. The molecule has 0 aromatic carbocycles. The van der Waals surface area contributed by atoms with E-state index < -0.39 is 12.0 Å². The third-order valence-electron chi connectivity index (χ3n) is 1.61. The number of aliphatic carboxylic acids is 1. The molecule has 0 aliphatic carbocycles. The highest BCUT2D eigenvalue weighted by Crippen LogP contribution is 2.02. The van der Waals surface area contributed by atoms with Crippen molar-refractivity contribution < 1.29 is 14.7 Å². The van der Waals surface area contributed by atoms with E-state index in [4.69, 9.17) is 10.8 Å². The SMILES string of the molecule is CC(=O)CCCC[C@@H](N)C(=O)O. The fourth-order valence-corrected chi connectivity index (χ4v) is 0.862. The van der Waals surface area contributed by atoms with E-state index in [1.807, 2.05) is 0 Å². The number of Topliss-reactive ketones (excluding diaryl/α,β-unsaturated/α-hetero) is 1. The Labute approximate surface area is 71.8 Å². The quantitative estimate of drug-likeness (QED) is 0.575. The molecule has 0 amide bonds. The molecular formula is C8H15NO3. The van der Waals surface area contributed by atoms with Gasteiger partial charge in [0.25, 0.3) is 0 Å². The van der Waals surface area contributed by atoms with Crippen LogP contribution >= 0.6 is 0 Å². The highest BCUT2D eigenvalue weighted by Gasteiger charge is 2.09. The van der Waals surface area contributed by atoms with Crippen LogP contribution in [0.15, 0.2) is 0 Å². The first kappa shape index (κ1) is 11.1. The summed E-state index contributed by atoms with van der Waals surface area (Å²) in [5, 5.41) is 8.40. The molecule has 0 bridgehead atoms. The van der Waals surface area contributed by atoms with E-state index in [1.54, 1.807) is 0 Å². The van der Waals surface area contributed by atoms with Gasteiger partial charge in [0.15, 0.2) is 0 Å². The average Bonchev–Trinajstić information content (AvgIpc) is 1.97. The number of hydrogen-bond acceptors (Lipinski definition) is 3. The third-order valence-corrected chi connectivity index (χ3v) is 1.61. The molecule has 0 aliphatic heterocycles. The predicted octanol–water partition coefficient (Wildman–Crippen LogP) is 0.548. The zero-order valence-electron chi connectivity index (χ0n) is 7.25. The van der Waals surface area contributed by atoms with Gasteiger partial charge in [0.2, 0.25) is 0 Å². The maximum absolute atomic E-state index is 10.5. The molecule has 4 nitrogen and oxygen atoms in total. The molecule has 0 unspecified atom stereocenters. The summed E-state index contributed by atoms with van der Waals surface area (Å²) in [7, 11) is 0. The molecule has 4 heteroatoms. The van der Waals surface area contributed by atoms with Gasteiger partial charge in [0.05, 0.1) is 0 Å². The van der Waals surface area contributed by atoms with Crippen LogP contribution in [0.5, 0.6) is 0 Å². The number of rotatable bonds is 6. The van der Waals surface area contributed by atoms with Crippen LogP contribution in [0.25, 0.3) is 0 Å². The number of nitrogens with two attached hydrogens (primary N) is 1. The summed E-state index contributed by atoms with van der Waals surface area (Å²) in [5.41, 5.74) is 5.25. The summed E-state index contributed by atoms with van der Waals surface area (Å²) < 4.78 is 0. The Kier molecular flexibility index (Phi) is 5.28. The van der Waals surface area contributed by atoms with Gasteiger partial charge in [-0.1, -0.05) is 6.42 Å². The standard InChI is InChI=1S/C8H15NO3/c1-6(10)4-2-3-5-7(9)8(11)12/h7H,2-5,9H2,1H3,(H,11,12)/t7-/m1/s1. The second-order valence-electron chi connectivity index (χ2n) is 2.89. The minimum Gasteiger partial charge on any atom is -0.480 e. The lowest BCUT2D eigenvalue weighted by molar-refractivity contribution is -0.138. The van der Waals surface area contributed by atoms with Gasteiger partial charge in [-0.05, 0) is 19.8 Å². The van der Waals surface area contributed by atoms with Gasteiger partial charge in [0.1, 0.15) is 11.8 Å². The summed E-state index contributed by atoms with van der Waals surface area (Å²) in [4.78, 5) is 20.7. The van der Waals surface area contributed by atoms with Crippen LogP contribution in [-0.4, -0.2) is 22.9 Å². The Morgan fingerprint density at radius 3 is 2.42 bits per heavy atom. The molecule has 0 saturated carbocycles. The van der Waals surface area contributed by atoms with Crippen molar-refractivity contribution in [3.05, 3.63) is 0 Å². The van der Waals surface area contributed by atoms with Crippen molar-refractivity contribution in [3.63, 3.8) is 0 Å². The highest BCUT2D eigenvalue weighted by atomic mass is 16.4. The summed E-state index contributed by atoms with van der Waals surface area (Å²) in [6.07, 6.45) is 2.40. The molecule has 0 fully saturated rings. The van der Waals surface area contributed by atoms with Crippen LogP contribution in [0, 0.1) is 0 Å². The lowest BCUT2D eigenvalue weighted by atomic mass is 10.1. The number of carboxylic acid groups (broad SMARTS) is 1. The summed E-state index contributed by atoms with van der Waals surface area (Å²) >= 11 is 0. The molecule has 0 aliphatic rings. The van der Waals surface area contributed by atoms with Gasteiger partial charge in [-0.25, -0.2) is 0 Å². The fourth-order valence-electron chi connectivity index (χ4n) is 0.862. The molecule has 0 heterocycles. The summed E-state index contributed by atoms with van der Waals surface area (Å²) in [5.74, 6) is -0.836. The van der Waals surface area contributed by atoms with Crippen molar-refractivity contribution in [1.82, 2.24) is 0 Å². The van der Waals surface area contributed by atoms with Crippen molar-refractivity contribution in [3.8, 4) is 0 Å². The van der Waals surface area contributed by atoms with Crippen LogP contribution in [-0.2, 0) is 9.59 Å². The van der Waals surface area contributed by atoms with Crippen molar-refractivity contribution in [1.29, 1.82) is 0 Å². The van der Waals surface area contributed by atoms with E-state index in [2.05, 4.69) is 0 Å². The van der Waals surface area contributed by atoms with E-state index in [9.17, 15) is 9.59 Å². The van der Waals surface area contributed by atoms with Crippen molar-refractivity contribution in [2.45, 2.75) is 38.6 Å². The van der Waals surface area contributed by atoms with E-state index in [0.29, 0.717) is 19.3 Å². The van der Waals surface area contributed by atoms with E-state index in [0.717, 1.165) is 6.42 Å². The molecule has 0 spiro atoms. The Morgan fingerprint density at radius 1 is 1.42 bits per heavy atom. The molecule has 0 aromatic rings. The maximum atomic E-state index is 10.5. The Bertz CT molecular complexity index is 168. The predicted molar refractivity (Wildman–Crippen MR) is 44.8 cm³/mol. The molecule has 3 N–H and O–H groups in total. The van der Waals surface area contributed by atoms with Crippen molar-refractivity contribution in [2.24, 2.45) is 5.73 Å². The Morgan fingerprint density at radius 2 is 2.00 bits per heavy atom. The first-order chi connectivity index (χ1) is 5.54. The third kappa shape index (κ3) is 5.85. The Hall–Kier alpha value is -0.900. The molecule has 0 saturated heterocycles. The molecule has 12 heavy (non-hydrogen) atoms. The van der Waals surface area contributed by atoms with Crippen LogP contribution in [0.3, 0.4) is 0 Å². The lowest BCUT2D eigenvalue weighted by Crippen LogP contribution is -2.29. The lowest BCUT2D eigenvalue weighted by Gasteiger charge is -2.04. The maximum Gasteiger partial charge on any atom is 0.320 e. The molecule has 1 atom stereocenters. The summed E-state index contributed by atoms with van der Waals surface area (Å²) in [6, 6.07) is -0.781. The molecule has 0 aromatic heterocycles. The van der Waals surface area contributed by atoms with E-state index >= 15 is 0 Å². The van der Waals surface area contributed by atoms with E-state index in [1.165, 1.54) is 6.92 Å². The minimum absolute atomic E-state index is 0.138. The van der Waals surface area contributed by atoms with Gasteiger partial charge < -0.3 is 15.6 Å². The largest absolute Gasteiger partial charge is 0.480 e. The monoisotopic (exact) mass is 173 g/mol. The molecule has 0 rings (SSSR count). The first-order valence-corrected chi connectivity index (χ1v) is 4.02. The van der Waals surface area contributed by atoms with Crippen molar-refractivity contribution in [2.75, 3.05) is 0 Å². The van der Waals surface area contributed by atoms with Crippen LogP contribution in [0.4, 0.5) is 0 Å². The number of carbonyl (C=O) groups excluding carboxylic acids is 1. The second-order valence-corrected chi connectivity index (χ2v) is 2.89. The number of carboxylic acids is 1. The number of hydrogen-bond donors (Lipinski definition) is 2. The number of carbonyl (C=O) groups is 2. The normalized spacial score (nSPS) is 12.5. The van der Waals surface area contributed by atoms with Crippen LogP contribution < -0.4 is 5.73 Å². The number of ketones is 1. The van der Waals surface area contributed by atoms with Gasteiger partial charge >= 0.3 is 5.97 Å². The van der Waals surface area contributed by atoms with Crippen LogP contribution in [0.1, 0.15) is 32.6 Å². The van der Waals surface area contributed by atoms with Crippen LogP contribution in [0.2, 0.25) is 0 Å². The Balaban J connectivity index is 3.31. The molecule has 70 valence electrons. The second kappa shape index (κ2) is 5.71. The van der Waals surface area contributed by atoms with Gasteiger partial charge in [0, 0.05) is 6.42 Å². The smallest absolute Gasteiger partial charge is 0.320 e. The van der Waals surface area contributed by atoms with Gasteiger partial charge in [-0.3, -0.25) is 4.79 Å². The topological polar surface area (TPSA) is 80.4 Å². The molecule has 0 radical (unpaired) electrons. The number of unbranched alkanes of at least 4 members (excludes halogenated alkanes) is 1. The molecular weight excluding hydrogens is 158 g/mol. The average molecular weight is 173 g/mol. The van der Waals surface area contributed by atoms with Gasteiger partial charge in [-0.2, -0.15) is 0 Å². The summed E-state index contributed by atoms with van der Waals surface area (Å²) in [6.45, 7) is 1.52. The zero-order chi connectivity index (χ0) is 9.56.